The summed E-state index contributed by atoms with van der Waals surface area (Å²) in [5, 5.41) is 3.45. The number of amides is 1. The van der Waals surface area contributed by atoms with Crippen LogP contribution in [0.25, 0.3) is 0 Å². The zero-order valence-corrected chi connectivity index (χ0v) is 21.3. The molecule has 7 nitrogen and oxygen atoms in total. The van der Waals surface area contributed by atoms with Gasteiger partial charge >= 0.3 is 0 Å². The fourth-order valence-electron chi connectivity index (χ4n) is 4.09. The van der Waals surface area contributed by atoms with E-state index in [1.807, 2.05) is 25.1 Å². The van der Waals surface area contributed by atoms with Crippen molar-refractivity contribution in [1.29, 1.82) is 0 Å². The summed E-state index contributed by atoms with van der Waals surface area (Å²) in [5.41, 5.74) is 1.71. The lowest BCUT2D eigenvalue weighted by molar-refractivity contribution is -0.126. The van der Waals surface area contributed by atoms with Gasteiger partial charge in [0.1, 0.15) is 0 Å². The van der Waals surface area contributed by atoms with Gasteiger partial charge in [-0.3, -0.25) is 4.79 Å². The topological polar surface area (TPSA) is 84.9 Å². The zero-order valence-electron chi connectivity index (χ0n) is 19.8. The average Bonchev–Trinajstić information content (AvgIpc) is 2.84. The second-order valence-corrected chi connectivity index (χ2v) is 10.7. The number of sulfonamides is 1. The summed E-state index contributed by atoms with van der Waals surface area (Å²) in [6, 6.07) is 12.8. The molecule has 0 unspecified atom stereocenters. The van der Waals surface area contributed by atoms with Crippen molar-refractivity contribution in [3.8, 4) is 11.5 Å². The molecule has 0 aliphatic carbocycles. The Balaban J connectivity index is 1.41. The van der Waals surface area contributed by atoms with Gasteiger partial charge in [0.25, 0.3) is 0 Å². The molecular formula is C25H33ClN2O5S. The molecule has 0 aromatic heterocycles. The molecule has 34 heavy (non-hydrogen) atoms. The SMILES string of the molecule is CCOc1ccc(CCCNC(=O)C2CCN(S(=O)(=O)Cc3ccccc3Cl)CC2)cc1OC. The highest BCUT2D eigenvalue weighted by Crippen LogP contribution is 2.28. The molecule has 0 bridgehead atoms. The van der Waals surface area contributed by atoms with E-state index in [1.54, 1.807) is 31.4 Å². The maximum absolute atomic E-state index is 12.8. The number of piperidine rings is 1. The maximum atomic E-state index is 12.8. The molecule has 1 saturated heterocycles. The number of hydrogen-bond acceptors (Lipinski definition) is 5. The van der Waals surface area contributed by atoms with E-state index in [4.69, 9.17) is 21.1 Å². The third kappa shape index (κ3) is 7.10. The minimum atomic E-state index is -3.47. The number of nitrogens with zero attached hydrogens (tertiary/aromatic N) is 1. The van der Waals surface area contributed by atoms with E-state index in [0.717, 1.165) is 24.2 Å². The van der Waals surface area contributed by atoms with Gasteiger partial charge < -0.3 is 14.8 Å². The van der Waals surface area contributed by atoms with Gasteiger partial charge in [0, 0.05) is 30.6 Å². The van der Waals surface area contributed by atoms with Crippen LogP contribution < -0.4 is 14.8 Å². The highest BCUT2D eigenvalue weighted by atomic mass is 35.5. The van der Waals surface area contributed by atoms with Gasteiger partial charge in [-0.2, -0.15) is 0 Å². The zero-order chi connectivity index (χ0) is 24.6. The molecule has 0 atom stereocenters. The van der Waals surface area contributed by atoms with Crippen LogP contribution in [0.1, 0.15) is 37.3 Å². The van der Waals surface area contributed by atoms with Crippen molar-refractivity contribution in [2.24, 2.45) is 5.92 Å². The molecule has 0 spiro atoms. The van der Waals surface area contributed by atoms with Crippen LogP contribution in [0.15, 0.2) is 42.5 Å². The Bertz CT molecular complexity index is 1070. The molecule has 1 aliphatic rings. The van der Waals surface area contributed by atoms with E-state index < -0.39 is 10.0 Å². The van der Waals surface area contributed by atoms with Crippen molar-refractivity contribution in [1.82, 2.24) is 9.62 Å². The lowest BCUT2D eigenvalue weighted by atomic mass is 9.97. The maximum Gasteiger partial charge on any atom is 0.223 e. The Morgan fingerprint density at radius 2 is 1.88 bits per heavy atom. The van der Waals surface area contributed by atoms with Gasteiger partial charge in [0.15, 0.2) is 11.5 Å². The molecule has 1 amide bonds. The molecule has 1 heterocycles. The highest BCUT2D eigenvalue weighted by molar-refractivity contribution is 7.88. The van der Waals surface area contributed by atoms with E-state index in [1.165, 1.54) is 4.31 Å². The summed E-state index contributed by atoms with van der Waals surface area (Å²) < 4.78 is 38.0. The Morgan fingerprint density at radius 3 is 2.56 bits per heavy atom. The number of hydrogen-bond donors (Lipinski definition) is 1. The molecule has 1 aliphatic heterocycles. The summed E-state index contributed by atoms with van der Waals surface area (Å²) in [4.78, 5) is 12.6. The first-order valence-electron chi connectivity index (χ1n) is 11.6. The number of benzene rings is 2. The number of nitrogens with one attached hydrogen (secondary N) is 1. The summed E-state index contributed by atoms with van der Waals surface area (Å²) in [7, 11) is -1.85. The molecule has 1 fully saturated rings. The largest absolute Gasteiger partial charge is 0.493 e. The van der Waals surface area contributed by atoms with Gasteiger partial charge in [0.2, 0.25) is 15.9 Å². The molecule has 3 rings (SSSR count). The highest BCUT2D eigenvalue weighted by Gasteiger charge is 2.31. The Hall–Kier alpha value is -2.29. The predicted octanol–water partition coefficient (Wildman–Crippen LogP) is 4.04. The van der Waals surface area contributed by atoms with E-state index >= 15 is 0 Å². The summed E-state index contributed by atoms with van der Waals surface area (Å²) in [6.07, 6.45) is 2.64. The molecule has 186 valence electrons. The molecule has 2 aromatic rings. The first-order chi connectivity index (χ1) is 16.3. The van der Waals surface area contributed by atoms with E-state index in [9.17, 15) is 13.2 Å². The number of methoxy groups -OCH3 is 1. The van der Waals surface area contributed by atoms with Gasteiger partial charge in [-0.05, 0) is 61.9 Å². The van der Waals surface area contributed by atoms with Gasteiger partial charge in [0.05, 0.1) is 19.5 Å². The second kappa shape index (κ2) is 12.4. The average molecular weight is 509 g/mol. The normalized spacial score (nSPS) is 15.1. The van der Waals surface area contributed by atoms with Crippen LogP contribution in [-0.2, 0) is 27.0 Å². The summed E-state index contributed by atoms with van der Waals surface area (Å²) >= 11 is 6.12. The van der Waals surface area contributed by atoms with Crippen molar-refractivity contribution < 1.29 is 22.7 Å². The molecule has 2 aromatic carbocycles. The fourth-order valence-corrected chi connectivity index (χ4v) is 5.97. The molecular weight excluding hydrogens is 476 g/mol. The van der Waals surface area contributed by atoms with Crippen molar-refractivity contribution in [2.75, 3.05) is 33.4 Å². The van der Waals surface area contributed by atoms with Crippen LogP contribution >= 0.6 is 11.6 Å². The summed E-state index contributed by atoms with van der Waals surface area (Å²) in [6.45, 7) is 3.76. The quantitative estimate of drug-likeness (QED) is 0.463. The van der Waals surface area contributed by atoms with E-state index in [0.29, 0.717) is 55.4 Å². The smallest absolute Gasteiger partial charge is 0.223 e. The second-order valence-electron chi connectivity index (χ2n) is 8.33. The third-order valence-electron chi connectivity index (χ3n) is 5.98. The van der Waals surface area contributed by atoms with Crippen LogP contribution in [0.3, 0.4) is 0 Å². The lowest BCUT2D eigenvalue weighted by Crippen LogP contribution is -2.43. The van der Waals surface area contributed by atoms with Gasteiger partial charge in [-0.15, -0.1) is 0 Å². The van der Waals surface area contributed by atoms with Gasteiger partial charge in [-0.1, -0.05) is 35.9 Å². The van der Waals surface area contributed by atoms with E-state index in [-0.39, 0.29) is 17.6 Å². The Labute approximate surface area is 207 Å². The molecule has 0 saturated carbocycles. The fraction of sp³-hybridized carbons (Fsp3) is 0.480. The number of carbonyl (C=O) groups excluding carboxylic acids is 1. The van der Waals surface area contributed by atoms with E-state index in [2.05, 4.69) is 5.32 Å². The number of ether oxygens (including phenoxy) is 2. The van der Waals surface area contributed by atoms with Crippen molar-refractivity contribution >= 4 is 27.5 Å². The number of carbonyl (C=O) groups is 1. The standard InChI is InChI=1S/C25H33ClN2O5S/c1-3-33-23-11-10-19(17-24(23)32-2)7-6-14-27-25(29)20-12-15-28(16-13-20)34(30,31)18-21-8-4-5-9-22(21)26/h4-5,8-11,17,20H,3,6-7,12-16,18H2,1-2H3,(H,27,29). The lowest BCUT2D eigenvalue weighted by Gasteiger charge is -2.30. The number of halogens is 1. The minimum absolute atomic E-state index is 0.00701. The number of aryl methyl sites for hydroxylation is 1. The van der Waals surface area contributed by atoms with Crippen molar-refractivity contribution in [3.05, 3.63) is 58.6 Å². The van der Waals surface area contributed by atoms with Crippen LogP contribution in [0.5, 0.6) is 11.5 Å². The summed E-state index contributed by atoms with van der Waals surface area (Å²) in [5.74, 6) is 1.13. The van der Waals surface area contributed by atoms with Crippen molar-refractivity contribution in [2.45, 2.75) is 38.4 Å². The van der Waals surface area contributed by atoms with Crippen molar-refractivity contribution in [3.63, 3.8) is 0 Å². The molecule has 0 radical (unpaired) electrons. The molecule has 1 N–H and O–H groups in total. The van der Waals surface area contributed by atoms with Crippen LogP contribution in [-0.4, -0.2) is 52.0 Å². The van der Waals surface area contributed by atoms with Crippen LogP contribution in [0.4, 0.5) is 0 Å². The Kier molecular flexibility index (Phi) is 9.62. The monoisotopic (exact) mass is 508 g/mol. The van der Waals surface area contributed by atoms with Gasteiger partial charge in [-0.25, -0.2) is 12.7 Å². The first kappa shape index (κ1) is 26.3. The minimum Gasteiger partial charge on any atom is -0.493 e. The number of rotatable bonds is 11. The molecule has 9 heteroatoms. The first-order valence-corrected chi connectivity index (χ1v) is 13.6. The third-order valence-corrected chi connectivity index (χ3v) is 8.18. The van der Waals surface area contributed by atoms with Crippen LogP contribution in [0, 0.1) is 5.92 Å². The Morgan fingerprint density at radius 1 is 1.15 bits per heavy atom. The predicted molar refractivity (Wildman–Crippen MR) is 134 cm³/mol. The van der Waals surface area contributed by atoms with Crippen LogP contribution in [0.2, 0.25) is 5.02 Å².